The molecule has 9 heteroatoms. The molecular weight excluding hydrogens is 344 g/mol. The molecule has 0 aliphatic rings. The van der Waals surface area contributed by atoms with Crippen LogP contribution in [-0.4, -0.2) is 29.1 Å². The number of nitrogens with zero attached hydrogens (tertiary/aromatic N) is 5. The number of hydrogen-bond acceptors (Lipinski definition) is 6. The highest BCUT2D eigenvalue weighted by Gasteiger charge is 2.09. The second-order valence-electron chi connectivity index (χ2n) is 6.82. The van der Waals surface area contributed by atoms with Crippen molar-refractivity contribution in [3.05, 3.63) is 41.2 Å². The Labute approximate surface area is 156 Å². The number of aromatic amines is 1. The summed E-state index contributed by atoms with van der Waals surface area (Å²) < 4.78 is 3.99. The summed E-state index contributed by atoms with van der Waals surface area (Å²) in [5, 5.41) is 1.50. The molecule has 4 aromatic heterocycles. The smallest absolute Gasteiger partial charge is 0.261 e. The lowest BCUT2D eigenvalue weighted by Gasteiger charge is -2.07. The second kappa shape index (κ2) is 7.10. The van der Waals surface area contributed by atoms with Gasteiger partial charge in [-0.3, -0.25) is 9.78 Å². The van der Waals surface area contributed by atoms with Gasteiger partial charge in [0.15, 0.2) is 0 Å². The van der Waals surface area contributed by atoms with Gasteiger partial charge in [-0.1, -0.05) is 0 Å². The normalized spacial score (nSPS) is 11.3. The molecule has 0 aromatic carbocycles. The number of rotatable bonds is 2. The van der Waals surface area contributed by atoms with Gasteiger partial charge in [0, 0.05) is 24.5 Å². The molecule has 0 unspecified atom stereocenters. The molecule has 5 N–H and O–H groups in total. The maximum atomic E-state index is 11.4. The van der Waals surface area contributed by atoms with E-state index in [9.17, 15) is 4.79 Å². The van der Waals surface area contributed by atoms with E-state index in [1.807, 2.05) is 36.9 Å². The highest BCUT2D eigenvalue weighted by Crippen LogP contribution is 2.20. The van der Waals surface area contributed by atoms with Crippen LogP contribution in [0.15, 0.2) is 35.6 Å². The van der Waals surface area contributed by atoms with Gasteiger partial charge in [-0.05, 0) is 39.8 Å². The molecule has 4 rings (SSSR count). The Morgan fingerprint density at radius 3 is 2.15 bits per heavy atom. The minimum atomic E-state index is -0.188. The van der Waals surface area contributed by atoms with E-state index in [0.29, 0.717) is 22.9 Å². The fourth-order valence-electron chi connectivity index (χ4n) is 2.88. The van der Waals surface area contributed by atoms with Crippen LogP contribution in [0, 0.1) is 0 Å². The highest BCUT2D eigenvalue weighted by atomic mass is 16.1. The number of fused-ring (bicyclic) bond motifs is 2. The summed E-state index contributed by atoms with van der Waals surface area (Å²) >= 11 is 0. The van der Waals surface area contributed by atoms with Gasteiger partial charge in [-0.15, -0.1) is 0 Å². The molecule has 0 amide bonds. The van der Waals surface area contributed by atoms with Gasteiger partial charge >= 0.3 is 0 Å². The highest BCUT2D eigenvalue weighted by molar-refractivity contribution is 5.86. The maximum Gasteiger partial charge on any atom is 0.261 e. The molecular formula is C18H24N8O. The van der Waals surface area contributed by atoms with E-state index in [1.165, 1.54) is 6.33 Å². The number of hydrogen-bond donors (Lipinski definition) is 3. The first-order chi connectivity index (χ1) is 12.8. The molecule has 4 heterocycles. The summed E-state index contributed by atoms with van der Waals surface area (Å²) in [7, 11) is 0. The molecule has 0 saturated carbocycles. The Kier molecular flexibility index (Phi) is 4.85. The number of aromatic nitrogens is 6. The van der Waals surface area contributed by atoms with E-state index in [2.05, 4.69) is 38.4 Å². The van der Waals surface area contributed by atoms with Crippen molar-refractivity contribution in [3.8, 4) is 0 Å². The molecule has 4 aromatic rings. The summed E-state index contributed by atoms with van der Waals surface area (Å²) in [5.41, 5.74) is 12.5. The lowest BCUT2D eigenvalue weighted by Crippen LogP contribution is -2.12. The molecule has 0 fully saturated rings. The van der Waals surface area contributed by atoms with Crippen LogP contribution in [0.2, 0.25) is 0 Å². The first-order valence-electron chi connectivity index (χ1n) is 8.73. The molecule has 0 bridgehead atoms. The summed E-state index contributed by atoms with van der Waals surface area (Å²) in [6, 6.07) is 4.36. The minimum Gasteiger partial charge on any atom is -0.383 e. The van der Waals surface area contributed by atoms with Gasteiger partial charge in [0.2, 0.25) is 5.95 Å². The Morgan fingerprint density at radius 1 is 0.926 bits per heavy atom. The lowest BCUT2D eigenvalue weighted by molar-refractivity contribution is 0.617. The molecule has 27 heavy (non-hydrogen) atoms. The van der Waals surface area contributed by atoms with Crippen molar-refractivity contribution in [2.75, 3.05) is 11.5 Å². The van der Waals surface area contributed by atoms with E-state index in [4.69, 9.17) is 11.5 Å². The van der Waals surface area contributed by atoms with Crippen LogP contribution in [0.4, 0.5) is 11.8 Å². The molecule has 0 aliphatic carbocycles. The fraction of sp³-hybridized carbons (Fsp3) is 0.333. The summed E-state index contributed by atoms with van der Waals surface area (Å²) in [6.07, 6.45) is 5.33. The van der Waals surface area contributed by atoms with E-state index < -0.39 is 0 Å². The van der Waals surface area contributed by atoms with Crippen LogP contribution in [0.1, 0.15) is 39.8 Å². The third kappa shape index (κ3) is 3.48. The predicted molar refractivity (Wildman–Crippen MR) is 107 cm³/mol. The largest absolute Gasteiger partial charge is 0.383 e. The summed E-state index contributed by atoms with van der Waals surface area (Å²) in [4.78, 5) is 26.1. The van der Waals surface area contributed by atoms with Gasteiger partial charge in [-0.2, -0.15) is 4.98 Å². The van der Waals surface area contributed by atoms with Gasteiger partial charge in [0.25, 0.3) is 5.56 Å². The van der Waals surface area contributed by atoms with Crippen LogP contribution in [-0.2, 0) is 0 Å². The number of nitrogens with two attached hydrogens (primary N) is 2. The molecule has 0 aliphatic heterocycles. The zero-order valence-corrected chi connectivity index (χ0v) is 15.8. The lowest BCUT2D eigenvalue weighted by atomic mass is 10.4. The fourth-order valence-corrected chi connectivity index (χ4v) is 2.88. The van der Waals surface area contributed by atoms with Crippen molar-refractivity contribution in [1.29, 1.82) is 0 Å². The molecule has 0 saturated heterocycles. The molecule has 142 valence electrons. The van der Waals surface area contributed by atoms with E-state index in [1.54, 1.807) is 6.07 Å². The van der Waals surface area contributed by atoms with Gasteiger partial charge in [0.05, 0.1) is 10.8 Å². The SMILES string of the molecule is CC(C)n1ccc2c(=O)[nH]c(N)nc21.CC(C)n1ccc2c(N)ncnc21. The predicted octanol–water partition coefficient (Wildman–Crippen LogP) is 2.48. The first kappa shape index (κ1) is 18.4. The van der Waals surface area contributed by atoms with Crippen molar-refractivity contribution >= 4 is 33.8 Å². The van der Waals surface area contributed by atoms with Crippen molar-refractivity contribution in [1.82, 2.24) is 29.1 Å². The van der Waals surface area contributed by atoms with Crippen molar-refractivity contribution in [2.45, 2.75) is 39.8 Å². The molecule has 9 nitrogen and oxygen atoms in total. The van der Waals surface area contributed by atoms with Crippen molar-refractivity contribution < 1.29 is 0 Å². The average molecular weight is 368 g/mol. The van der Waals surface area contributed by atoms with Gasteiger partial charge in [-0.25, -0.2) is 9.97 Å². The van der Waals surface area contributed by atoms with E-state index >= 15 is 0 Å². The Hall–Kier alpha value is -3.36. The van der Waals surface area contributed by atoms with Crippen LogP contribution in [0.5, 0.6) is 0 Å². The Bertz CT molecular complexity index is 1140. The van der Waals surface area contributed by atoms with Crippen molar-refractivity contribution in [3.63, 3.8) is 0 Å². The maximum absolute atomic E-state index is 11.4. The van der Waals surface area contributed by atoms with Gasteiger partial charge in [0.1, 0.15) is 23.4 Å². The third-order valence-corrected chi connectivity index (χ3v) is 4.25. The zero-order chi connectivity index (χ0) is 19.7. The molecule has 0 atom stereocenters. The Balaban J connectivity index is 0.000000156. The van der Waals surface area contributed by atoms with Crippen LogP contribution >= 0.6 is 0 Å². The van der Waals surface area contributed by atoms with E-state index in [0.717, 1.165) is 11.0 Å². The van der Waals surface area contributed by atoms with E-state index in [-0.39, 0.29) is 17.5 Å². The van der Waals surface area contributed by atoms with Crippen LogP contribution in [0.25, 0.3) is 22.1 Å². The molecule has 0 radical (unpaired) electrons. The second-order valence-corrected chi connectivity index (χ2v) is 6.82. The minimum absolute atomic E-state index is 0.156. The Morgan fingerprint density at radius 2 is 1.52 bits per heavy atom. The summed E-state index contributed by atoms with van der Waals surface area (Å²) in [5.74, 6) is 0.701. The van der Waals surface area contributed by atoms with Gasteiger partial charge < -0.3 is 20.6 Å². The molecule has 0 spiro atoms. The topological polar surface area (TPSA) is 133 Å². The van der Waals surface area contributed by atoms with Crippen molar-refractivity contribution in [2.24, 2.45) is 0 Å². The standard InChI is InChI=1S/C9H12N4O.C9H12N4/c1-5(2)13-4-3-6-7(13)11-9(10)12-8(6)14;1-6(2)13-4-3-7-8(10)11-5-12-9(7)13/h3-5H,1-2H3,(H3,10,11,12,14);3-6H,1-2H3,(H2,10,11,12). The first-order valence-corrected chi connectivity index (χ1v) is 8.73. The zero-order valence-electron chi connectivity index (χ0n) is 15.8. The number of nitrogens with one attached hydrogen (secondary N) is 1. The monoisotopic (exact) mass is 368 g/mol. The van der Waals surface area contributed by atoms with Crippen LogP contribution in [0.3, 0.4) is 0 Å². The van der Waals surface area contributed by atoms with Crippen LogP contribution < -0.4 is 17.0 Å². The number of H-pyrrole nitrogens is 1. The number of nitrogen functional groups attached to an aromatic ring is 2. The number of anilines is 2. The summed E-state index contributed by atoms with van der Waals surface area (Å²) in [6.45, 7) is 8.27. The average Bonchev–Trinajstić information content (AvgIpc) is 3.20. The quantitative estimate of drug-likeness (QED) is 0.498. The third-order valence-electron chi connectivity index (χ3n) is 4.25.